The Hall–Kier alpha value is -2.06. The Morgan fingerprint density at radius 3 is 2.65 bits per heavy atom. The number of nitrogens with one attached hydrogen (secondary N) is 4. The maximum atomic E-state index is 11.0. The molecule has 0 aliphatic rings. The molecule has 0 bridgehead atoms. The minimum Gasteiger partial charge on any atom is -0.361 e. The third kappa shape index (κ3) is 5.57. The van der Waals surface area contributed by atoms with Crippen LogP contribution in [0.2, 0.25) is 0 Å². The average Bonchev–Trinajstić information content (AvgIpc) is 2.92. The van der Waals surface area contributed by atoms with Gasteiger partial charge in [0.25, 0.3) is 0 Å². The largest absolute Gasteiger partial charge is 0.361 e. The van der Waals surface area contributed by atoms with Crippen LogP contribution in [0.3, 0.4) is 0 Å². The highest BCUT2D eigenvalue weighted by atomic mass is 32.2. The Kier molecular flexibility index (Phi) is 6.00. The van der Waals surface area contributed by atoms with Gasteiger partial charge in [0.05, 0.1) is 6.26 Å². The SMILES string of the molecule is CN=C(NCCNS(C)(=O)=O)NCCc1c[nH]c2ccccc12. The summed E-state index contributed by atoms with van der Waals surface area (Å²) in [5.41, 5.74) is 2.39. The van der Waals surface area contributed by atoms with Crippen LogP contribution < -0.4 is 15.4 Å². The fourth-order valence-electron chi connectivity index (χ4n) is 2.29. The first-order chi connectivity index (χ1) is 11.0. The Labute approximate surface area is 136 Å². The highest BCUT2D eigenvalue weighted by Crippen LogP contribution is 2.17. The number of para-hydroxylation sites is 1. The summed E-state index contributed by atoms with van der Waals surface area (Å²) in [6.07, 6.45) is 4.03. The van der Waals surface area contributed by atoms with Crippen LogP contribution in [0.4, 0.5) is 0 Å². The molecule has 8 heteroatoms. The third-order valence-corrected chi connectivity index (χ3v) is 4.10. The van der Waals surface area contributed by atoms with Gasteiger partial charge in [0.1, 0.15) is 0 Å². The van der Waals surface area contributed by atoms with Crippen LogP contribution >= 0.6 is 0 Å². The second kappa shape index (κ2) is 7.98. The molecule has 1 aromatic carbocycles. The number of benzene rings is 1. The molecule has 23 heavy (non-hydrogen) atoms. The summed E-state index contributed by atoms with van der Waals surface area (Å²) in [4.78, 5) is 7.37. The van der Waals surface area contributed by atoms with Crippen molar-refractivity contribution < 1.29 is 8.42 Å². The standard InChI is InChI=1S/C15H23N5O2S/c1-16-15(18-9-10-20-23(2,21)22)17-8-7-12-11-19-14-6-4-3-5-13(12)14/h3-6,11,19-20H,7-10H2,1-2H3,(H2,16,17,18). The molecular weight excluding hydrogens is 314 g/mol. The molecule has 1 aromatic heterocycles. The monoisotopic (exact) mass is 337 g/mol. The van der Waals surface area contributed by atoms with E-state index >= 15 is 0 Å². The van der Waals surface area contributed by atoms with Crippen LogP contribution in [0.5, 0.6) is 0 Å². The lowest BCUT2D eigenvalue weighted by Crippen LogP contribution is -2.42. The van der Waals surface area contributed by atoms with Gasteiger partial charge in [0.2, 0.25) is 10.0 Å². The Morgan fingerprint density at radius 2 is 1.91 bits per heavy atom. The van der Waals surface area contributed by atoms with Crippen LogP contribution in [0, 0.1) is 0 Å². The number of H-pyrrole nitrogens is 1. The van der Waals surface area contributed by atoms with Crippen LogP contribution in [-0.4, -0.2) is 52.3 Å². The van der Waals surface area contributed by atoms with Gasteiger partial charge >= 0.3 is 0 Å². The van der Waals surface area contributed by atoms with Gasteiger partial charge in [-0.25, -0.2) is 13.1 Å². The molecule has 2 rings (SSSR count). The first-order valence-electron chi connectivity index (χ1n) is 7.44. The summed E-state index contributed by atoms with van der Waals surface area (Å²) in [7, 11) is -1.46. The number of hydrogen-bond acceptors (Lipinski definition) is 3. The van der Waals surface area contributed by atoms with E-state index < -0.39 is 10.0 Å². The van der Waals surface area contributed by atoms with E-state index in [1.165, 1.54) is 10.9 Å². The highest BCUT2D eigenvalue weighted by molar-refractivity contribution is 7.88. The lowest BCUT2D eigenvalue weighted by molar-refractivity contribution is 0.586. The summed E-state index contributed by atoms with van der Waals surface area (Å²) >= 11 is 0. The Bertz CT molecular complexity index is 767. The molecule has 0 unspecified atom stereocenters. The summed E-state index contributed by atoms with van der Waals surface area (Å²) in [6.45, 7) is 1.53. The third-order valence-electron chi connectivity index (χ3n) is 3.37. The van der Waals surface area contributed by atoms with Crippen molar-refractivity contribution in [2.75, 3.05) is 32.9 Å². The highest BCUT2D eigenvalue weighted by Gasteiger charge is 2.04. The first kappa shape index (κ1) is 17.3. The van der Waals surface area contributed by atoms with Crippen molar-refractivity contribution in [3.8, 4) is 0 Å². The topological polar surface area (TPSA) is 98.4 Å². The van der Waals surface area contributed by atoms with E-state index in [0.29, 0.717) is 19.0 Å². The minimum atomic E-state index is -3.15. The number of hydrogen-bond donors (Lipinski definition) is 4. The maximum absolute atomic E-state index is 11.0. The fourth-order valence-corrected chi connectivity index (χ4v) is 2.76. The van der Waals surface area contributed by atoms with Crippen molar-refractivity contribution in [1.29, 1.82) is 0 Å². The zero-order valence-corrected chi connectivity index (χ0v) is 14.2. The van der Waals surface area contributed by atoms with Crippen molar-refractivity contribution in [1.82, 2.24) is 20.3 Å². The molecule has 0 aliphatic heterocycles. The van der Waals surface area contributed by atoms with Crippen molar-refractivity contribution in [3.05, 3.63) is 36.0 Å². The summed E-state index contributed by atoms with van der Waals surface area (Å²) < 4.78 is 24.4. The molecular formula is C15H23N5O2S. The molecule has 0 atom stereocenters. The van der Waals surface area contributed by atoms with E-state index in [1.54, 1.807) is 7.05 Å². The number of aromatic nitrogens is 1. The normalized spacial score (nSPS) is 12.5. The molecule has 0 radical (unpaired) electrons. The number of sulfonamides is 1. The molecule has 126 valence electrons. The van der Waals surface area contributed by atoms with E-state index in [0.717, 1.165) is 24.7 Å². The van der Waals surface area contributed by atoms with Gasteiger partial charge < -0.3 is 15.6 Å². The molecule has 0 saturated carbocycles. The van der Waals surface area contributed by atoms with Gasteiger partial charge in [-0.1, -0.05) is 18.2 Å². The van der Waals surface area contributed by atoms with Gasteiger partial charge in [-0.2, -0.15) is 0 Å². The smallest absolute Gasteiger partial charge is 0.208 e. The van der Waals surface area contributed by atoms with Crippen LogP contribution in [-0.2, 0) is 16.4 Å². The molecule has 2 aromatic rings. The molecule has 0 spiro atoms. The van der Waals surface area contributed by atoms with E-state index in [9.17, 15) is 8.42 Å². The van der Waals surface area contributed by atoms with Crippen LogP contribution in [0.1, 0.15) is 5.56 Å². The van der Waals surface area contributed by atoms with E-state index in [-0.39, 0.29) is 0 Å². The van der Waals surface area contributed by atoms with Gasteiger partial charge in [-0.05, 0) is 18.1 Å². The molecule has 1 heterocycles. The maximum Gasteiger partial charge on any atom is 0.208 e. The molecule has 7 nitrogen and oxygen atoms in total. The van der Waals surface area contributed by atoms with E-state index in [1.807, 2.05) is 18.3 Å². The molecule has 0 aliphatic carbocycles. The van der Waals surface area contributed by atoms with E-state index in [4.69, 9.17) is 0 Å². The van der Waals surface area contributed by atoms with Crippen LogP contribution in [0.15, 0.2) is 35.5 Å². The molecule has 0 amide bonds. The van der Waals surface area contributed by atoms with Crippen LogP contribution in [0.25, 0.3) is 10.9 Å². The Morgan fingerprint density at radius 1 is 1.17 bits per heavy atom. The number of guanidine groups is 1. The van der Waals surface area contributed by atoms with Crippen molar-refractivity contribution in [2.24, 2.45) is 4.99 Å². The average molecular weight is 337 g/mol. The zero-order valence-electron chi connectivity index (χ0n) is 13.4. The summed E-state index contributed by atoms with van der Waals surface area (Å²) in [5.74, 6) is 0.653. The predicted molar refractivity (Wildman–Crippen MR) is 94.2 cm³/mol. The lowest BCUT2D eigenvalue weighted by atomic mass is 10.1. The minimum absolute atomic E-state index is 0.321. The number of aliphatic imine (C=N–C) groups is 1. The molecule has 4 N–H and O–H groups in total. The van der Waals surface area contributed by atoms with Gasteiger partial charge in [-0.3, -0.25) is 4.99 Å². The van der Waals surface area contributed by atoms with Crippen molar-refractivity contribution in [2.45, 2.75) is 6.42 Å². The number of aromatic amines is 1. The number of fused-ring (bicyclic) bond motifs is 1. The van der Waals surface area contributed by atoms with Crippen molar-refractivity contribution in [3.63, 3.8) is 0 Å². The van der Waals surface area contributed by atoms with E-state index in [2.05, 4.69) is 37.5 Å². The Balaban J connectivity index is 1.75. The summed E-state index contributed by atoms with van der Waals surface area (Å²) in [5, 5.41) is 7.51. The number of nitrogens with zero attached hydrogens (tertiary/aromatic N) is 1. The van der Waals surface area contributed by atoms with Crippen molar-refractivity contribution >= 4 is 26.9 Å². The second-order valence-electron chi connectivity index (χ2n) is 5.20. The van der Waals surface area contributed by atoms with Gasteiger partial charge in [0, 0.05) is 43.8 Å². The fraction of sp³-hybridized carbons (Fsp3) is 0.400. The number of rotatable bonds is 7. The zero-order chi connectivity index (χ0) is 16.7. The quantitative estimate of drug-likeness (QED) is 0.334. The van der Waals surface area contributed by atoms with Gasteiger partial charge in [0.15, 0.2) is 5.96 Å². The molecule has 0 fully saturated rings. The lowest BCUT2D eigenvalue weighted by Gasteiger charge is -2.11. The van der Waals surface area contributed by atoms with Gasteiger partial charge in [-0.15, -0.1) is 0 Å². The predicted octanol–water partition coefficient (Wildman–Crippen LogP) is 0.425. The second-order valence-corrected chi connectivity index (χ2v) is 7.03. The first-order valence-corrected chi connectivity index (χ1v) is 9.33. The molecule has 0 saturated heterocycles. The summed E-state index contributed by atoms with van der Waals surface area (Å²) in [6, 6.07) is 8.20.